The topological polar surface area (TPSA) is 95.0 Å². The van der Waals surface area contributed by atoms with Crippen LogP contribution in [0.2, 0.25) is 5.02 Å². The number of nitro benzene ring substituents is 1. The summed E-state index contributed by atoms with van der Waals surface area (Å²) < 4.78 is 3.63. The van der Waals surface area contributed by atoms with Crippen molar-refractivity contribution in [3.8, 4) is 0 Å². The molecular weight excluding hydrogens is 426 g/mol. The van der Waals surface area contributed by atoms with Crippen LogP contribution < -0.4 is 5.32 Å². The van der Waals surface area contributed by atoms with E-state index >= 15 is 0 Å². The van der Waals surface area contributed by atoms with Crippen LogP contribution in [0.15, 0.2) is 71.1 Å². The Morgan fingerprint density at radius 3 is 2.80 bits per heavy atom. The van der Waals surface area contributed by atoms with Gasteiger partial charge in [-0.05, 0) is 42.1 Å². The fraction of sp³-hybridized carbons (Fsp3) is 0.100. The van der Waals surface area contributed by atoms with Crippen molar-refractivity contribution in [2.75, 3.05) is 5.32 Å². The molecule has 152 valence electrons. The van der Waals surface area contributed by atoms with Gasteiger partial charge in [0.1, 0.15) is 6.54 Å². The third-order valence-electron chi connectivity index (χ3n) is 4.47. The molecule has 30 heavy (non-hydrogen) atoms. The quantitative estimate of drug-likeness (QED) is 0.345. The molecule has 2 heterocycles. The number of halogens is 1. The van der Waals surface area contributed by atoms with Gasteiger partial charge in [-0.25, -0.2) is 4.98 Å². The molecule has 0 fully saturated rings. The van der Waals surface area contributed by atoms with Crippen molar-refractivity contribution in [2.24, 2.45) is 7.05 Å². The highest BCUT2D eigenvalue weighted by molar-refractivity contribution is 7.99. The van der Waals surface area contributed by atoms with E-state index in [0.29, 0.717) is 16.1 Å². The molecule has 2 aromatic heterocycles. The molecule has 0 atom stereocenters. The van der Waals surface area contributed by atoms with Crippen LogP contribution in [0.4, 0.5) is 11.4 Å². The number of anilines is 1. The predicted octanol–water partition coefficient (Wildman–Crippen LogP) is 4.73. The number of non-ortho nitro benzene ring substituents is 1. The summed E-state index contributed by atoms with van der Waals surface area (Å²) in [5, 5.41) is 15.8. The van der Waals surface area contributed by atoms with Gasteiger partial charge in [-0.1, -0.05) is 11.6 Å². The van der Waals surface area contributed by atoms with Gasteiger partial charge >= 0.3 is 0 Å². The van der Waals surface area contributed by atoms with Crippen LogP contribution in [0, 0.1) is 10.1 Å². The molecule has 8 nitrogen and oxygen atoms in total. The van der Waals surface area contributed by atoms with Crippen molar-refractivity contribution in [1.29, 1.82) is 0 Å². The van der Waals surface area contributed by atoms with Crippen LogP contribution in [0.1, 0.15) is 0 Å². The molecule has 0 unspecified atom stereocenters. The molecule has 10 heteroatoms. The summed E-state index contributed by atoms with van der Waals surface area (Å²) in [4.78, 5) is 28.3. The Bertz CT molecular complexity index is 1270. The third-order valence-corrected chi connectivity index (χ3v) is 5.86. The van der Waals surface area contributed by atoms with E-state index in [1.54, 1.807) is 41.2 Å². The minimum atomic E-state index is -0.441. The molecular formula is C20H16ClN5O3S. The van der Waals surface area contributed by atoms with E-state index in [4.69, 9.17) is 11.6 Å². The lowest BCUT2D eigenvalue weighted by atomic mass is 10.2. The Kier molecular flexibility index (Phi) is 5.47. The van der Waals surface area contributed by atoms with Gasteiger partial charge in [0, 0.05) is 58.6 Å². The highest BCUT2D eigenvalue weighted by atomic mass is 35.5. The Labute approximate surface area is 180 Å². The Hall–Kier alpha value is -3.30. The van der Waals surface area contributed by atoms with Crippen LogP contribution in [0.5, 0.6) is 0 Å². The summed E-state index contributed by atoms with van der Waals surface area (Å²) in [6.45, 7) is 0.0559. The van der Waals surface area contributed by atoms with Gasteiger partial charge in [-0.2, -0.15) is 0 Å². The van der Waals surface area contributed by atoms with Crippen LogP contribution in [-0.2, 0) is 18.4 Å². The van der Waals surface area contributed by atoms with Crippen molar-refractivity contribution < 1.29 is 9.72 Å². The molecule has 4 rings (SSSR count). The van der Waals surface area contributed by atoms with Crippen molar-refractivity contribution in [1.82, 2.24) is 14.1 Å². The summed E-state index contributed by atoms with van der Waals surface area (Å²) in [6, 6.07) is 11.6. The zero-order valence-corrected chi connectivity index (χ0v) is 17.4. The molecule has 0 aliphatic carbocycles. The van der Waals surface area contributed by atoms with E-state index in [2.05, 4.69) is 10.3 Å². The van der Waals surface area contributed by atoms with Crippen LogP contribution in [0.3, 0.4) is 0 Å². The maximum Gasteiger partial charge on any atom is 0.270 e. The van der Waals surface area contributed by atoms with Crippen molar-refractivity contribution in [2.45, 2.75) is 16.6 Å². The molecule has 4 aromatic rings. The second kappa shape index (κ2) is 8.21. The molecule has 0 aliphatic heterocycles. The monoisotopic (exact) mass is 441 g/mol. The number of carbonyl (C=O) groups is 1. The van der Waals surface area contributed by atoms with Crippen molar-refractivity contribution >= 4 is 51.5 Å². The number of nitrogens with zero attached hydrogens (tertiary/aromatic N) is 4. The van der Waals surface area contributed by atoms with Gasteiger partial charge in [0.25, 0.3) is 5.69 Å². The third kappa shape index (κ3) is 4.17. The Morgan fingerprint density at radius 1 is 1.23 bits per heavy atom. The number of rotatable bonds is 6. The first-order valence-electron chi connectivity index (χ1n) is 8.88. The lowest BCUT2D eigenvalue weighted by molar-refractivity contribution is -0.384. The summed E-state index contributed by atoms with van der Waals surface area (Å²) in [7, 11) is 1.89. The van der Waals surface area contributed by atoms with Crippen LogP contribution in [0.25, 0.3) is 10.9 Å². The number of aromatic nitrogens is 3. The van der Waals surface area contributed by atoms with Gasteiger partial charge < -0.3 is 14.5 Å². The Balaban J connectivity index is 1.54. The van der Waals surface area contributed by atoms with Gasteiger partial charge in [-0.3, -0.25) is 14.9 Å². The van der Waals surface area contributed by atoms with Gasteiger partial charge in [-0.15, -0.1) is 0 Å². The summed E-state index contributed by atoms with van der Waals surface area (Å²) in [5.74, 6) is -0.241. The summed E-state index contributed by atoms with van der Waals surface area (Å²) in [6.07, 6.45) is 5.28. The van der Waals surface area contributed by atoms with Crippen molar-refractivity contribution in [3.05, 3.63) is 76.2 Å². The van der Waals surface area contributed by atoms with E-state index in [9.17, 15) is 14.9 Å². The second-order valence-electron chi connectivity index (χ2n) is 6.56. The summed E-state index contributed by atoms with van der Waals surface area (Å²) in [5.41, 5.74) is 1.34. The fourth-order valence-corrected chi connectivity index (χ4v) is 4.06. The SMILES string of the molecule is Cn1ccnc1Sc1ccc(Cl)cc1NC(=O)Cn1ccc2cc([N+](=O)[O-])ccc21. The van der Waals surface area contributed by atoms with Gasteiger partial charge in [0.15, 0.2) is 5.16 Å². The lowest BCUT2D eigenvalue weighted by Gasteiger charge is -2.12. The van der Waals surface area contributed by atoms with E-state index in [1.165, 1.54) is 23.9 Å². The molecule has 0 aliphatic rings. The highest BCUT2D eigenvalue weighted by Gasteiger charge is 2.14. The number of benzene rings is 2. The number of nitrogens with one attached hydrogen (secondary N) is 1. The first kappa shape index (κ1) is 20.0. The molecule has 1 N–H and O–H groups in total. The first-order valence-corrected chi connectivity index (χ1v) is 10.1. The normalized spacial score (nSPS) is 11.0. The van der Waals surface area contributed by atoms with E-state index in [-0.39, 0.29) is 18.1 Å². The molecule has 0 bridgehead atoms. The summed E-state index contributed by atoms with van der Waals surface area (Å²) >= 11 is 7.55. The number of carbonyl (C=O) groups excluding carboxylic acids is 1. The smallest absolute Gasteiger partial charge is 0.270 e. The average Bonchev–Trinajstić information content (AvgIpc) is 3.29. The predicted molar refractivity (Wildman–Crippen MR) is 116 cm³/mol. The van der Waals surface area contributed by atoms with E-state index in [1.807, 2.05) is 23.9 Å². The number of nitro groups is 1. The zero-order valence-electron chi connectivity index (χ0n) is 15.8. The molecule has 0 spiro atoms. The molecule has 0 saturated heterocycles. The van der Waals surface area contributed by atoms with Crippen LogP contribution in [-0.4, -0.2) is 24.9 Å². The molecule has 0 radical (unpaired) electrons. The Morgan fingerprint density at radius 2 is 2.07 bits per heavy atom. The standard InChI is InChI=1S/C20H16ClN5O3S/c1-24-9-7-22-20(24)30-18-5-2-14(21)11-16(18)23-19(27)12-25-8-6-13-10-15(26(28)29)3-4-17(13)25/h2-11H,12H2,1H3,(H,23,27). The number of aryl methyl sites for hydroxylation is 1. The maximum atomic E-state index is 12.7. The molecule has 1 amide bonds. The van der Waals surface area contributed by atoms with Gasteiger partial charge in [0.05, 0.1) is 10.6 Å². The highest BCUT2D eigenvalue weighted by Crippen LogP contribution is 2.34. The lowest BCUT2D eigenvalue weighted by Crippen LogP contribution is -2.18. The minimum absolute atomic E-state index is 0.0135. The van der Waals surface area contributed by atoms with Crippen molar-refractivity contribution in [3.63, 3.8) is 0 Å². The molecule has 2 aromatic carbocycles. The second-order valence-corrected chi connectivity index (χ2v) is 8.00. The first-order chi connectivity index (χ1) is 14.4. The van der Waals surface area contributed by atoms with Crippen LogP contribution >= 0.6 is 23.4 Å². The molecule has 0 saturated carbocycles. The van der Waals surface area contributed by atoms with E-state index in [0.717, 1.165) is 15.6 Å². The number of amides is 1. The largest absolute Gasteiger partial charge is 0.338 e. The number of hydrogen-bond donors (Lipinski definition) is 1. The maximum absolute atomic E-state index is 12.7. The number of fused-ring (bicyclic) bond motifs is 1. The van der Waals surface area contributed by atoms with E-state index < -0.39 is 4.92 Å². The average molecular weight is 442 g/mol. The number of hydrogen-bond acceptors (Lipinski definition) is 5. The fourth-order valence-electron chi connectivity index (χ4n) is 3.02. The number of imidazole rings is 1. The minimum Gasteiger partial charge on any atom is -0.338 e. The van der Waals surface area contributed by atoms with Gasteiger partial charge in [0.2, 0.25) is 5.91 Å². The zero-order chi connectivity index (χ0) is 21.3.